The molecule has 2 amide bonds. The van der Waals surface area contributed by atoms with Crippen molar-refractivity contribution in [3.05, 3.63) is 100 Å². The maximum Gasteiger partial charge on any atom is 0.335 e. The van der Waals surface area contributed by atoms with Crippen LogP contribution in [0.5, 0.6) is 0 Å². The van der Waals surface area contributed by atoms with Crippen LogP contribution in [-0.2, 0) is 44.9 Å². The van der Waals surface area contributed by atoms with Gasteiger partial charge in [-0.1, -0.05) is 42.0 Å². The molecule has 3 aromatic rings. The number of aryl methyl sites for hydroxylation is 2. The Morgan fingerprint density at radius 3 is 2.40 bits per heavy atom. The molecule has 40 heavy (non-hydrogen) atoms. The van der Waals surface area contributed by atoms with Crippen LogP contribution in [0.3, 0.4) is 0 Å². The van der Waals surface area contributed by atoms with Crippen molar-refractivity contribution in [3.8, 4) is 0 Å². The molecule has 1 atom stereocenters. The van der Waals surface area contributed by atoms with Gasteiger partial charge in [0, 0.05) is 25.0 Å². The molecule has 0 radical (unpaired) electrons. The van der Waals surface area contributed by atoms with Gasteiger partial charge >= 0.3 is 5.97 Å². The Balaban J connectivity index is 1.63. The first-order valence-electron chi connectivity index (χ1n) is 12.6. The number of carbonyl (C=O) groups excluding carboxylic acids is 2. The van der Waals surface area contributed by atoms with Gasteiger partial charge in [-0.15, -0.1) is 0 Å². The molecule has 1 heterocycles. The highest BCUT2D eigenvalue weighted by molar-refractivity contribution is 7.88. The summed E-state index contributed by atoms with van der Waals surface area (Å²) in [6.45, 7) is 2.15. The van der Waals surface area contributed by atoms with Crippen LogP contribution in [0, 0.1) is 6.92 Å². The number of nitrogens with one attached hydrogen (secondary N) is 3. The average molecular weight is 568 g/mol. The zero-order valence-corrected chi connectivity index (χ0v) is 22.9. The molecule has 11 nitrogen and oxygen atoms in total. The molecule has 1 aromatic heterocycles. The normalized spacial score (nSPS) is 11.9. The van der Waals surface area contributed by atoms with Gasteiger partial charge in [-0.25, -0.2) is 17.9 Å². The number of nitrogens with two attached hydrogens (primary N) is 1. The SMILES string of the molecule is Cc1ccc(CN)c(CNC(=O)CNC(=O)C(CCc2ccccn2)NS(=O)(=O)Cc2ccc(C(=O)O)cc2)c1. The topological polar surface area (TPSA) is 181 Å². The first-order chi connectivity index (χ1) is 19.1. The van der Waals surface area contributed by atoms with Gasteiger partial charge < -0.3 is 21.5 Å². The second-order valence-electron chi connectivity index (χ2n) is 9.26. The Morgan fingerprint density at radius 1 is 1.00 bits per heavy atom. The third-order valence-corrected chi connectivity index (χ3v) is 7.45. The van der Waals surface area contributed by atoms with Gasteiger partial charge in [-0.2, -0.15) is 0 Å². The van der Waals surface area contributed by atoms with Crippen molar-refractivity contribution in [2.45, 2.75) is 44.6 Å². The highest BCUT2D eigenvalue weighted by Gasteiger charge is 2.25. The minimum Gasteiger partial charge on any atom is -0.478 e. The molecule has 212 valence electrons. The van der Waals surface area contributed by atoms with Crippen LogP contribution in [0.25, 0.3) is 0 Å². The van der Waals surface area contributed by atoms with Gasteiger partial charge in [-0.3, -0.25) is 14.6 Å². The third kappa shape index (κ3) is 9.56. The summed E-state index contributed by atoms with van der Waals surface area (Å²) in [4.78, 5) is 40.8. The molecule has 0 saturated heterocycles. The number of sulfonamides is 1. The highest BCUT2D eigenvalue weighted by Crippen LogP contribution is 2.12. The maximum absolute atomic E-state index is 13.0. The van der Waals surface area contributed by atoms with E-state index in [1.807, 2.05) is 25.1 Å². The van der Waals surface area contributed by atoms with E-state index in [0.29, 0.717) is 24.2 Å². The Kier molecular flexibility index (Phi) is 10.9. The van der Waals surface area contributed by atoms with Gasteiger partial charge in [0.05, 0.1) is 17.9 Å². The van der Waals surface area contributed by atoms with E-state index in [0.717, 1.165) is 16.7 Å². The molecule has 0 fully saturated rings. The van der Waals surface area contributed by atoms with Crippen molar-refractivity contribution in [3.63, 3.8) is 0 Å². The van der Waals surface area contributed by atoms with Crippen LogP contribution in [0.1, 0.15) is 44.7 Å². The predicted molar refractivity (Wildman–Crippen MR) is 149 cm³/mol. The summed E-state index contributed by atoms with van der Waals surface area (Å²) in [5, 5.41) is 14.3. The summed E-state index contributed by atoms with van der Waals surface area (Å²) < 4.78 is 28.3. The van der Waals surface area contributed by atoms with E-state index in [1.165, 1.54) is 24.3 Å². The second kappa shape index (κ2) is 14.3. The first-order valence-corrected chi connectivity index (χ1v) is 14.3. The number of rotatable bonds is 14. The summed E-state index contributed by atoms with van der Waals surface area (Å²) in [6.07, 6.45) is 2.02. The van der Waals surface area contributed by atoms with Gasteiger partial charge in [0.1, 0.15) is 6.04 Å². The first kappa shape index (κ1) is 30.4. The van der Waals surface area contributed by atoms with E-state index in [2.05, 4.69) is 20.3 Å². The van der Waals surface area contributed by atoms with Crippen molar-refractivity contribution < 1.29 is 27.9 Å². The smallest absolute Gasteiger partial charge is 0.335 e. The van der Waals surface area contributed by atoms with E-state index in [-0.39, 0.29) is 25.1 Å². The summed E-state index contributed by atoms with van der Waals surface area (Å²) in [6, 6.07) is 15.3. The third-order valence-electron chi connectivity index (χ3n) is 6.09. The number of aromatic nitrogens is 1. The minimum absolute atomic E-state index is 0.0293. The van der Waals surface area contributed by atoms with Crippen LogP contribution >= 0.6 is 0 Å². The summed E-state index contributed by atoms with van der Waals surface area (Å²) in [5.74, 6) is -2.68. The van der Waals surface area contributed by atoms with Crippen LogP contribution in [0.15, 0.2) is 66.9 Å². The Labute approximate surface area is 233 Å². The van der Waals surface area contributed by atoms with Crippen molar-refractivity contribution >= 4 is 27.8 Å². The number of aromatic carboxylic acids is 1. The zero-order valence-electron chi connectivity index (χ0n) is 22.1. The second-order valence-corrected chi connectivity index (χ2v) is 11.0. The molecular weight excluding hydrogens is 534 g/mol. The number of benzene rings is 2. The molecule has 0 spiro atoms. The standard InChI is InChI=1S/C28H33N5O6S/c1-19-5-8-22(15-29)23(14-19)16-31-26(34)17-32-27(35)25(12-11-24-4-2-3-13-30-24)33-40(38,39)18-20-6-9-21(10-7-20)28(36)37/h2-10,13-14,25,33H,11-12,15-18,29H2,1H3,(H,31,34)(H,32,35)(H,36,37). The monoisotopic (exact) mass is 567 g/mol. The number of carboxylic acid groups (broad SMARTS) is 1. The van der Waals surface area contributed by atoms with Crippen LogP contribution in [0.2, 0.25) is 0 Å². The van der Waals surface area contributed by atoms with Gasteiger partial charge in [0.25, 0.3) is 0 Å². The quantitative estimate of drug-likeness (QED) is 0.194. The molecule has 1 unspecified atom stereocenters. The molecule has 12 heteroatoms. The molecule has 0 aliphatic heterocycles. The van der Waals surface area contributed by atoms with E-state index in [1.54, 1.807) is 24.4 Å². The lowest BCUT2D eigenvalue weighted by atomic mass is 10.0. The molecular formula is C28H33N5O6S. The molecule has 0 aliphatic carbocycles. The highest BCUT2D eigenvalue weighted by atomic mass is 32.2. The van der Waals surface area contributed by atoms with Crippen molar-refractivity contribution in [2.75, 3.05) is 6.54 Å². The van der Waals surface area contributed by atoms with Gasteiger partial charge in [0.2, 0.25) is 21.8 Å². The minimum atomic E-state index is -4.00. The number of carbonyl (C=O) groups is 3. The van der Waals surface area contributed by atoms with Gasteiger partial charge in [-0.05, 0) is 60.7 Å². The Hall–Kier alpha value is -4.13. The summed E-state index contributed by atoms with van der Waals surface area (Å²) in [5.41, 5.74) is 9.63. The lowest BCUT2D eigenvalue weighted by Crippen LogP contribution is -2.49. The Bertz CT molecular complexity index is 1430. The molecule has 6 N–H and O–H groups in total. The van der Waals surface area contributed by atoms with Crippen LogP contribution in [0.4, 0.5) is 0 Å². The van der Waals surface area contributed by atoms with Crippen molar-refractivity contribution in [2.24, 2.45) is 5.73 Å². The summed E-state index contributed by atoms with van der Waals surface area (Å²) >= 11 is 0. The van der Waals surface area contributed by atoms with Crippen LogP contribution < -0.4 is 21.1 Å². The maximum atomic E-state index is 13.0. The fourth-order valence-corrected chi connectivity index (χ4v) is 5.34. The lowest BCUT2D eigenvalue weighted by Gasteiger charge is -2.19. The number of carboxylic acids is 1. The van der Waals surface area contributed by atoms with E-state index in [9.17, 15) is 22.8 Å². The largest absolute Gasteiger partial charge is 0.478 e. The number of hydrogen-bond acceptors (Lipinski definition) is 7. The van der Waals surface area contributed by atoms with Crippen molar-refractivity contribution in [1.29, 1.82) is 0 Å². The zero-order chi connectivity index (χ0) is 29.1. The molecule has 0 bridgehead atoms. The van der Waals surface area contributed by atoms with E-state index >= 15 is 0 Å². The fraction of sp³-hybridized carbons (Fsp3) is 0.286. The molecule has 0 saturated carbocycles. The molecule has 2 aromatic carbocycles. The molecule has 3 rings (SSSR count). The lowest BCUT2D eigenvalue weighted by molar-refractivity contribution is -0.127. The average Bonchev–Trinajstić information content (AvgIpc) is 2.93. The van der Waals surface area contributed by atoms with Gasteiger partial charge in [0.15, 0.2) is 0 Å². The van der Waals surface area contributed by atoms with Crippen molar-refractivity contribution in [1.82, 2.24) is 20.3 Å². The predicted octanol–water partition coefficient (Wildman–Crippen LogP) is 1.40. The van der Waals surface area contributed by atoms with Crippen LogP contribution in [-0.4, -0.2) is 48.9 Å². The number of hydrogen-bond donors (Lipinski definition) is 5. The molecule has 0 aliphatic rings. The number of amides is 2. The number of nitrogens with zero attached hydrogens (tertiary/aromatic N) is 1. The summed E-state index contributed by atoms with van der Waals surface area (Å²) in [7, 11) is -4.00. The number of pyridine rings is 1. The Morgan fingerprint density at radius 2 is 1.75 bits per heavy atom. The fourth-order valence-electron chi connectivity index (χ4n) is 3.97. The van der Waals surface area contributed by atoms with E-state index in [4.69, 9.17) is 10.8 Å². The van der Waals surface area contributed by atoms with E-state index < -0.39 is 39.6 Å².